The van der Waals surface area contributed by atoms with Gasteiger partial charge in [0.2, 0.25) is 6.10 Å². The van der Waals surface area contributed by atoms with Crippen molar-refractivity contribution in [1.82, 2.24) is 4.90 Å². The molecule has 0 radical (unpaired) electrons. The van der Waals surface area contributed by atoms with Crippen molar-refractivity contribution in [2.45, 2.75) is 49.4 Å². The van der Waals surface area contributed by atoms with Gasteiger partial charge in [-0.25, -0.2) is 0 Å². The molecule has 3 rings (SSSR count). The largest absolute Gasteiger partial charge is 0.382 e. The number of piperidine rings is 1. The molecule has 2 heterocycles. The quantitative estimate of drug-likeness (QED) is 0.859. The van der Waals surface area contributed by atoms with Crippen molar-refractivity contribution >= 4 is 23.4 Å². The third kappa shape index (κ3) is 3.64. The van der Waals surface area contributed by atoms with Crippen molar-refractivity contribution in [2.75, 3.05) is 13.1 Å². The number of hydrogen-bond donors (Lipinski definition) is 0. The van der Waals surface area contributed by atoms with Crippen LogP contribution in [0.4, 0.5) is 0 Å². The van der Waals surface area contributed by atoms with E-state index < -0.39 is 0 Å². The zero-order chi connectivity index (χ0) is 15.5. The molecule has 1 aromatic rings. The average molecular weight is 318 g/mol. The van der Waals surface area contributed by atoms with Crippen molar-refractivity contribution in [3.05, 3.63) is 29.8 Å². The third-order valence-corrected chi connectivity index (χ3v) is 5.52. The number of oxime groups is 1. The number of aryl methyl sites for hydroxylation is 1. The molecule has 0 aromatic heterocycles. The molecular formula is C17H22N2O2S. The summed E-state index contributed by atoms with van der Waals surface area (Å²) in [5, 5.41) is 4.47. The highest BCUT2D eigenvalue weighted by molar-refractivity contribution is 8.00. The number of nitrogens with zero attached hydrogens (tertiary/aromatic N) is 2. The fraction of sp³-hybridized carbons (Fsp3) is 0.529. The maximum Gasteiger partial charge on any atom is 0.266 e. The van der Waals surface area contributed by atoms with E-state index in [0.29, 0.717) is 11.7 Å². The molecule has 0 aliphatic carbocycles. The lowest BCUT2D eigenvalue weighted by atomic mass is 10.1. The maximum absolute atomic E-state index is 12.4. The van der Waals surface area contributed by atoms with Gasteiger partial charge < -0.3 is 9.74 Å². The zero-order valence-electron chi connectivity index (χ0n) is 13.1. The van der Waals surface area contributed by atoms with Crippen LogP contribution < -0.4 is 0 Å². The Hall–Kier alpha value is -1.49. The van der Waals surface area contributed by atoms with Gasteiger partial charge in [-0.05, 0) is 38.8 Å². The van der Waals surface area contributed by atoms with E-state index >= 15 is 0 Å². The van der Waals surface area contributed by atoms with Crippen molar-refractivity contribution in [1.29, 1.82) is 0 Å². The number of carbonyl (C=O) groups excluding carboxylic acids is 1. The second-order valence-corrected chi connectivity index (χ2v) is 7.45. The van der Waals surface area contributed by atoms with Gasteiger partial charge in [-0.3, -0.25) is 4.79 Å². The minimum absolute atomic E-state index is 0.0967. The first-order valence-corrected chi connectivity index (χ1v) is 8.71. The van der Waals surface area contributed by atoms with Gasteiger partial charge in [0, 0.05) is 29.7 Å². The number of carbonyl (C=O) groups is 1. The van der Waals surface area contributed by atoms with Crippen LogP contribution in [0, 0.1) is 6.92 Å². The SMILES string of the molecule is CC1=NO[C@H](C(=O)N2CCC(Sc3ccc(C)cc3)CC2)C1. The van der Waals surface area contributed by atoms with Crippen molar-refractivity contribution in [3.8, 4) is 0 Å². The lowest BCUT2D eigenvalue weighted by Gasteiger charge is -2.32. The van der Waals surface area contributed by atoms with Crippen LogP contribution in [0.15, 0.2) is 34.3 Å². The summed E-state index contributed by atoms with van der Waals surface area (Å²) in [5.41, 5.74) is 2.20. The van der Waals surface area contributed by atoms with E-state index in [4.69, 9.17) is 4.84 Å². The molecule has 1 saturated heterocycles. The fourth-order valence-corrected chi connectivity index (χ4v) is 3.96. The van der Waals surface area contributed by atoms with Crippen LogP contribution in [0.1, 0.15) is 31.7 Å². The summed E-state index contributed by atoms with van der Waals surface area (Å²) in [6.45, 7) is 5.65. The van der Waals surface area contributed by atoms with Crippen molar-refractivity contribution in [3.63, 3.8) is 0 Å². The van der Waals surface area contributed by atoms with E-state index in [1.54, 1.807) is 0 Å². The van der Waals surface area contributed by atoms with Gasteiger partial charge in [0.15, 0.2) is 0 Å². The van der Waals surface area contributed by atoms with E-state index in [2.05, 4.69) is 36.3 Å². The number of likely N-dealkylation sites (tertiary alicyclic amines) is 1. The predicted molar refractivity (Wildman–Crippen MR) is 89.2 cm³/mol. The van der Waals surface area contributed by atoms with E-state index in [1.807, 2.05) is 23.6 Å². The molecule has 1 atom stereocenters. The van der Waals surface area contributed by atoms with Gasteiger partial charge in [0.1, 0.15) is 0 Å². The monoisotopic (exact) mass is 318 g/mol. The molecule has 0 spiro atoms. The number of rotatable bonds is 3. The van der Waals surface area contributed by atoms with Crippen molar-refractivity contribution in [2.24, 2.45) is 5.16 Å². The Morgan fingerprint density at radius 3 is 2.50 bits per heavy atom. The minimum atomic E-state index is -0.388. The Labute approximate surface area is 135 Å². The van der Waals surface area contributed by atoms with Crippen LogP contribution in [0.2, 0.25) is 0 Å². The van der Waals surface area contributed by atoms with E-state index in [1.165, 1.54) is 10.5 Å². The van der Waals surface area contributed by atoms with E-state index in [-0.39, 0.29) is 12.0 Å². The smallest absolute Gasteiger partial charge is 0.266 e. The molecule has 5 heteroatoms. The first-order chi connectivity index (χ1) is 10.6. The molecule has 1 fully saturated rings. The van der Waals surface area contributed by atoms with Crippen LogP contribution in [-0.4, -0.2) is 41.0 Å². The standard InChI is InChI=1S/C17H22N2O2S/c1-12-3-5-14(6-4-12)22-15-7-9-19(10-8-15)17(20)16-11-13(2)18-21-16/h3-6,15-16H,7-11H2,1-2H3/t16-/m0/s1. The highest BCUT2D eigenvalue weighted by Crippen LogP contribution is 2.31. The lowest BCUT2D eigenvalue weighted by molar-refractivity contribution is -0.142. The summed E-state index contributed by atoms with van der Waals surface area (Å²) >= 11 is 1.93. The molecule has 1 amide bonds. The number of thioether (sulfide) groups is 1. The Morgan fingerprint density at radius 1 is 1.23 bits per heavy atom. The Kier molecular flexibility index (Phi) is 4.71. The van der Waals surface area contributed by atoms with Crippen LogP contribution in [0.3, 0.4) is 0 Å². The van der Waals surface area contributed by atoms with Gasteiger partial charge in [-0.15, -0.1) is 11.8 Å². The number of amides is 1. The molecule has 118 valence electrons. The van der Waals surface area contributed by atoms with Gasteiger partial charge >= 0.3 is 0 Å². The van der Waals surface area contributed by atoms with Gasteiger partial charge in [0.25, 0.3) is 5.91 Å². The van der Waals surface area contributed by atoms with Crippen molar-refractivity contribution < 1.29 is 9.63 Å². The van der Waals surface area contributed by atoms with Crippen LogP contribution >= 0.6 is 11.8 Å². The van der Waals surface area contributed by atoms with Gasteiger partial charge in [-0.2, -0.15) is 0 Å². The molecule has 0 saturated carbocycles. The first kappa shape index (κ1) is 15.4. The van der Waals surface area contributed by atoms with Crippen LogP contribution in [0.5, 0.6) is 0 Å². The molecule has 2 aliphatic rings. The maximum atomic E-state index is 12.4. The molecule has 0 bridgehead atoms. The Morgan fingerprint density at radius 2 is 1.91 bits per heavy atom. The summed E-state index contributed by atoms with van der Waals surface area (Å²) in [5.74, 6) is 0.0967. The average Bonchev–Trinajstić information content (AvgIpc) is 2.96. The second kappa shape index (κ2) is 6.73. The Balaban J connectivity index is 1.48. The van der Waals surface area contributed by atoms with Crippen LogP contribution in [0.25, 0.3) is 0 Å². The topological polar surface area (TPSA) is 41.9 Å². The summed E-state index contributed by atoms with van der Waals surface area (Å²) in [7, 11) is 0. The summed E-state index contributed by atoms with van der Waals surface area (Å²) in [6, 6.07) is 8.68. The summed E-state index contributed by atoms with van der Waals surface area (Å²) in [4.78, 5) is 20.8. The number of benzene rings is 1. The molecular weight excluding hydrogens is 296 g/mol. The minimum Gasteiger partial charge on any atom is -0.382 e. The molecule has 22 heavy (non-hydrogen) atoms. The molecule has 0 N–H and O–H groups in total. The van der Waals surface area contributed by atoms with Crippen LogP contribution in [-0.2, 0) is 9.63 Å². The first-order valence-electron chi connectivity index (χ1n) is 7.83. The lowest BCUT2D eigenvalue weighted by Crippen LogP contribution is -2.44. The molecule has 0 unspecified atom stereocenters. The molecule has 1 aromatic carbocycles. The third-order valence-electron chi connectivity index (χ3n) is 4.17. The summed E-state index contributed by atoms with van der Waals surface area (Å²) < 4.78 is 0. The highest BCUT2D eigenvalue weighted by Gasteiger charge is 2.32. The highest BCUT2D eigenvalue weighted by atomic mass is 32.2. The van der Waals surface area contributed by atoms with Gasteiger partial charge in [0.05, 0.1) is 5.71 Å². The zero-order valence-corrected chi connectivity index (χ0v) is 13.9. The molecule has 2 aliphatic heterocycles. The van der Waals surface area contributed by atoms with E-state index in [9.17, 15) is 4.79 Å². The van der Waals surface area contributed by atoms with Gasteiger partial charge in [-0.1, -0.05) is 22.9 Å². The molecule has 4 nitrogen and oxygen atoms in total. The normalized spacial score (nSPS) is 22.4. The summed E-state index contributed by atoms with van der Waals surface area (Å²) in [6.07, 6.45) is 2.33. The number of hydrogen-bond acceptors (Lipinski definition) is 4. The fourth-order valence-electron chi connectivity index (χ4n) is 2.84. The second-order valence-electron chi connectivity index (χ2n) is 6.08. The van der Waals surface area contributed by atoms with E-state index in [0.717, 1.165) is 31.6 Å². The predicted octanol–water partition coefficient (Wildman–Crippen LogP) is 3.24. The Bertz CT molecular complexity index is 563.